The molecule has 1 amide bonds. The fourth-order valence-corrected chi connectivity index (χ4v) is 2.00. The molecule has 6 nitrogen and oxygen atoms in total. The minimum absolute atomic E-state index is 0.0502. The summed E-state index contributed by atoms with van der Waals surface area (Å²) in [5.41, 5.74) is 0.258. The molecule has 1 fully saturated rings. The van der Waals surface area contributed by atoms with Gasteiger partial charge in [-0.2, -0.15) is 0 Å². The van der Waals surface area contributed by atoms with E-state index in [4.69, 9.17) is 0 Å². The van der Waals surface area contributed by atoms with Gasteiger partial charge in [-0.05, 0) is 12.8 Å². The Balaban J connectivity index is 1.93. The zero-order chi connectivity index (χ0) is 12.1. The Morgan fingerprint density at radius 2 is 2.00 bits per heavy atom. The smallest absolute Gasteiger partial charge is 0.244 e. The highest BCUT2D eigenvalue weighted by atomic mass is 16.2. The van der Waals surface area contributed by atoms with Crippen LogP contribution in [0, 0.1) is 0 Å². The summed E-state index contributed by atoms with van der Waals surface area (Å²) in [6, 6.07) is 0. The van der Waals surface area contributed by atoms with E-state index in [1.807, 2.05) is 4.90 Å². The van der Waals surface area contributed by atoms with E-state index >= 15 is 0 Å². The molecule has 0 radical (unpaired) electrons. The zero-order valence-corrected chi connectivity index (χ0v) is 9.71. The summed E-state index contributed by atoms with van der Waals surface area (Å²) in [7, 11) is 0. The van der Waals surface area contributed by atoms with Gasteiger partial charge in [0.15, 0.2) is 6.29 Å². The van der Waals surface area contributed by atoms with Crippen molar-refractivity contribution < 1.29 is 9.59 Å². The Hall–Kier alpha value is -1.72. The summed E-state index contributed by atoms with van der Waals surface area (Å²) < 4.78 is 1.41. The lowest BCUT2D eigenvalue weighted by molar-refractivity contribution is -0.132. The number of aromatic nitrogens is 3. The maximum Gasteiger partial charge on any atom is 0.244 e. The molecule has 0 spiro atoms. The average Bonchev–Trinajstić information content (AvgIpc) is 2.62. The van der Waals surface area contributed by atoms with Crippen LogP contribution in [0.3, 0.4) is 0 Å². The van der Waals surface area contributed by atoms with Crippen LogP contribution >= 0.6 is 0 Å². The molecule has 0 aromatic carbocycles. The summed E-state index contributed by atoms with van der Waals surface area (Å²) in [6.07, 6.45) is 6.65. The predicted molar refractivity (Wildman–Crippen MR) is 60.5 cm³/mol. The highest BCUT2D eigenvalue weighted by Crippen LogP contribution is 2.10. The maximum atomic E-state index is 12.0. The van der Waals surface area contributed by atoms with E-state index in [2.05, 4.69) is 10.3 Å². The van der Waals surface area contributed by atoms with Gasteiger partial charge in [-0.1, -0.05) is 18.1 Å². The number of hydrogen-bond donors (Lipinski definition) is 0. The van der Waals surface area contributed by atoms with Crippen LogP contribution in [0.25, 0.3) is 0 Å². The van der Waals surface area contributed by atoms with Gasteiger partial charge in [-0.3, -0.25) is 9.59 Å². The summed E-state index contributed by atoms with van der Waals surface area (Å²) in [5.74, 6) is 0.0502. The van der Waals surface area contributed by atoms with Crippen LogP contribution in [0.5, 0.6) is 0 Å². The molecule has 1 aromatic rings. The van der Waals surface area contributed by atoms with Crippen molar-refractivity contribution in [2.45, 2.75) is 32.2 Å². The van der Waals surface area contributed by atoms with Crippen LogP contribution in [-0.2, 0) is 11.3 Å². The second kappa shape index (κ2) is 5.56. The first-order valence-corrected chi connectivity index (χ1v) is 5.92. The Bertz CT molecular complexity index is 394. The number of carbonyl (C=O) groups is 2. The van der Waals surface area contributed by atoms with Gasteiger partial charge >= 0.3 is 0 Å². The summed E-state index contributed by atoms with van der Waals surface area (Å²) >= 11 is 0. The number of rotatable bonds is 3. The molecule has 0 N–H and O–H groups in total. The van der Waals surface area contributed by atoms with Crippen molar-refractivity contribution in [3.05, 3.63) is 11.9 Å². The largest absolute Gasteiger partial charge is 0.341 e. The number of likely N-dealkylation sites (tertiary alicyclic amines) is 1. The molecule has 0 atom stereocenters. The van der Waals surface area contributed by atoms with Crippen molar-refractivity contribution in [1.29, 1.82) is 0 Å². The SMILES string of the molecule is O=Cc1cn(CC(=O)N2CCCCCC2)nn1. The van der Waals surface area contributed by atoms with E-state index in [-0.39, 0.29) is 18.1 Å². The highest BCUT2D eigenvalue weighted by Gasteiger charge is 2.16. The Morgan fingerprint density at radius 3 is 2.59 bits per heavy atom. The first kappa shape index (κ1) is 11.8. The molecule has 1 aromatic heterocycles. The first-order valence-electron chi connectivity index (χ1n) is 5.92. The van der Waals surface area contributed by atoms with E-state index in [9.17, 15) is 9.59 Å². The molecule has 1 saturated heterocycles. The van der Waals surface area contributed by atoms with Crippen molar-refractivity contribution >= 4 is 12.2 Å². The molecule has 2 rings (SSSR count). The third kappa shape index (κ3) is 3.12. The van der Waals surface area contributed by atoms with Crippen LogP contribution in [-0.4, -0.2) is 45.2 Å². The standard InChI is InChI=1S/C11H16N4O2/c16-9-10-7-15(13-12-10)8-11(17)14-5-3-1-2-4-6-14/h7,9H,1-6,8H2. The molecular weight excluding hydrogens is 220 g/mol. The predicted octanol–water partition coefficient (Wildman–Crippen LogP) is 0.493. The number of carbonyl (C=O) groups excluding carboxylic acids is 2. The summed E-state index contributed by atoms with van der Waals surface area (Å²) in [4.78, 5) is 24.3. The van der Waals surface area contributed by atoms with Crippen LogP contribution in [0.15, 0.2) is 6.20 Å². The molecule has 92 valence electrons. The van der Waals surface area contributed by atoms with Crippen molar-refractivity contribution in [2.75, 3.05) is 13.1 Å². The van der Waals surface area contributed by atoms with Crippen LogP contribution < -0.4 is 0 Å². The Morgan fingerprint density at radius 1 is 1.29 bits per heavy atom. The molecule has 0 unspecified atom stereocenters. The van der Waals surface area contributed by atoms with Crippen LogP contribution in [0.2, 0.25) is 0 Å². The minimum Gasteiger partial charge on any atom is -0.341 e. The fourth-order valence-electron chi connectivity index (χ4n) is 2.00. The van der Waals surface area contributed by atoms with Crippen molar-refractivity contribution in [3.63, 3.8) is 0 Å². The van der Waals surface area contributed by atoms with Gasteiger partial charge in [0, 0.05) is 13.1 Å². The van der Waals surface area contributed by atoms with E-state index in [1.54, 1.807) is 0 Å². The summed E-state index contributed by atoms with van der Waals surface area (Å²) in [5, 5.41) is 7.36. The zero-order valence-electron chi connectivity index (χ0n) is 9.71. The monoisotopic (exact) mass is 236 g/mol. The van der Waals surface area contributed by atoms with Crippen LogP contribution in [0.4, 0.5) is 0 Å². The number of aldehydes is 1. The second-order valence-electron chi connectivity index (χ2n) is 4.25. The fraction of sp³-hybridized carbons (Fsp3) is 0.636. The van der Waals surface area contributed by atoms with Crippen molar-refractivity contribution in [2.24, 2.45) is 0 Å². The molecule has 0 bridgehead atoms. The Labute approximate surface area is 99.6 Å². The van der Waals surface area contributed by atoms with Gasteiger partial charge in [0.1, 0.15) is 12.2 Å². The lowest BCUT2D eigenvalue weighted by Gasteiger charge is -2.19. The minimum atomic E-state index is 0.0502. The molecule has 0 aliphatic carbocycles. The van der Waals surface area contributed by atoms with Crippen molar-refractivity contribution in [1.82, 2.24) is 19.9 Å². The highest BCUT2D eigenvalue weighted by molar-refractivity contribution is 5.76. The van der Waals surface area contributed by atoms with Gasteiger partial charge in [0.2, 0.25) is 5.91 Å². The normalized spacial score (nSPS) is 16.6. The lowest BCUT2D eigenvalue weighted by Crippen LogP contribution is -2.34. The van der Waals surface area contributed by atoms with Gasteiger partial charge in [-0.15, -0.1) is 5.10 Å². The number of amides is 1. The molecule has 0 saturated carbocycles. The first-order chi connectivity index (χ1) is 8.29. The average molecular weight is 236 g/mol. The summed E-state index contributed by atoms with van der Waals surface area (Å²) in [6.45, 7) is 1.82. The van der Waals surface area contributed by atoms with E-state index in [0.29, 0.717) is 6.29 Å². The van der Waals surface area contributed by atoms with Crippen LogP contribution in [0.1, 0.15) is 36.2 Å². The number of hydrogen-bond acceptors (Lipinski definition) is 4. The van der Waals surface area contributed by atoms with Crippen molar-refractivity contribution in [3.8, 4) is 0 Å². The molecule has 17 heavy (non-hydrogen) atoms. The third-order valence-corrected chi connectivity index (χ3v) is 2.93. The van der Waals surface area contributed by atoms with Gasteiger partial charge < -0.3 is 4.90 Å². The quantitative estimate of drug-likeness (QED) is 0.716. The lowest BCUT2D eigenvalue weighted by atomic mass is 10.2. The van der Waals surface area contributed by atoms with E-state index < -0.39 is 0 Å². The van der Waals surface area contributed by atoms with E-state index in [0.717, 1.165) is 25.9 Å². The van der Waals surface area contributed by atoms with Gasteiger partial charge in [-0.25, -0.2) is 4.68 Å². The number of nitrogens with zero attached hydrogens (tertiary/aromatic N) is 4. The molecule has 1 aliphatic heterocycles. The second-order valence-corrected chi connectivity index (χ2v) is 4.25. The molecule has 6 heteroatoms. The third-order valence-electron chi connectivity index (χ3n) is 2.93. The Kier molecular flexibility index (Phi) is 3.85. The topological polar surface area (TPSA) is 68.1 Å². The van der Waals surface area contributed by atoms with E-state index in [1.165, 1.54) is 23.7 Å². The molecule has 1 aliphatic rings. The molecular formula is C11H16N4O2. The van der Waals surface area contributed by atoms with Gasteiger partial charge in [0.25, 0.3) is 0 Å². The van der Waals surface area contributed by atoms with Gasteiger partial charge in [0.05, 0.1) is 6.20 Å². The molecule has 2 heterocycles. The maximum absolute atomic E-state index is 12.0.